The molecule has 3 rings (SSSR count). The molecule has 0 N–H and O–H groups in total. The van der Waals surface area contributed by atoms with Gasteiger partial charge < -0.3 is 0 Å². The van der Waals surface area contributed by atoms with Crippen LogP contribution in [0.4, 0.5) is 0 Å². The molecule has 0 radical (unpaired) electrons. The van der Waals surface area contributed by atoms with Gasteiger partial charge >= 0.3 is 0 Å². The van der Waals surface area contributed by atoms with Gasteiger partial charge in [0.1, 0.15) is 0 Å². The molecule has 22 heavy (non-hydrogen) atoms. The van der Waals surface area contributed by atoms with Gasteiger partial charge in [-0.25, -0.2) is 8.42 Å². The fourth-order valence-electron chi connectivity index (χ4n) is 2.85. The van der Waals surface area contributed by atoms with Gasteiger partial charge in [0.15, 0.2) is 0 Å². The SMILES string of the molecule is Cn1ccc(C2CCCN(S(=O)(=O)c3ccccc3Br)C2)n1. The Morgan fingerprint density at radius 1 is 1.27 bits per heavy atom. The van der Waals surface area contributed by atoms with Crippen molar-refractivity contribution in [3.63, 3.8) is 0 Å². The molecule has 118 valence electrons. The van der Waals surface area contributed by atoms with Crippen LogP contribution in [-0.4, -0.2) is 35.6 Å². The number of piperidine rings is 1. The van der Waals surface area contributed by atoms with Gasteiger partial charge in [-0.3, -0.25) is 4.68 Å². The molecule has 5 nitrogen and oxygen atoms in total. The lowest BCUT2D eigenvalue weighted by Crippen LogP contribution is -2.39. The molecule has 1 atom stereocenters. The molecule has 1 saturated heterocycles. The normalized spacial score (nSPS) is 20.2. The van der Waals surface area contributed by atoms with E-state index in [9.17, 15) is 8.42 Å². The number of aromatic nitrogens is 2. The molecule has 0 spiro atoms. The third-order valence-electron chi connectivity index (χ3n) is 3.99. The summed E-state index contributed by atoms with van der Waals surface area (Å²) in [4.78, 5) is 0.330. The van der Waals surface area contributed by atoms with Gasteiger partial charge in [0, 0.05) is 36.7 Å². The maximum absolute atomic E-state index is 12.9. The van der Waals surface area contributed by atoms with Gasteiger partial charge in [-0.2, -0.15) is 9.40 Å². The van der Waals surface area contributed by atoms with Crippen LogP contribution in [0.2, 0.25) is 0 Å². The van der Waals surface area contributed by atoms with Crippen LogP contribution in [0.5, 0.6) is 0 Å². The number of hydrogen-bond donors (Lipinski definition) is 0. The van der Waals surface area contributed by atoms with Crippen LogP contribution in [-0.2, 0) is 17.1 Å². The van der Waals surface area contributed by atoms with E-state index in [4.69, 9.17) is 0 Å². The van der Waals surface area contributed by atoms with Crippen LogP contribution in [0, 0.1) is 0 Å². The number of nitrogens with zero attached hydrogens (tertiary/aromatic N) is 3. The smallest absolute Gasteiger partial charge is 0.244 e. The van der Waals surface area contributed by atoms with E-state index < -0.39 is 10.0 Å². The molecule has 0 amide bonds. The van der Waals surface area contributed by atoms with Crippen molar-refractivity contribution in [2.75, 3.05) is 13.1 Å². The predicted molar refractivity (Wildman–Crippen MR) is 88.1 cm³/mol. The minimum absolute atomic E-state index is 0.159. The number of halogens is 1. The monoisotopic (exact) mass is 383 g/mol. The van der Waals surface area contributed by atoms with Crippen molar-refractivity contribution < 1.29 is 8.42 Å². The van der Waals surface area contributed by atoms with E-state index in [2.05, 4.69) is 21.0 Å². The minimum atomic E-state index is -3.47. The highest BCUT2D eigenvalue weighted by Gasteiger charge is 2.32. The summed E-state index contributed by atoms with van der Waals surface area (Å²) in [5.41, 5.74) is 0.967. The van der Waals surface area contributed by atoms with E-state index >= 15 is 0 Å². The summed E-state index contributed by atoms with van der Waals surface area (Å²) in [5.74, 6) is 0.159. The van der Waals surface area contributed by atoms with Crippen molar-refractivity contribution in [1.29, 1.82) is 0 Å². The van der Waals surface area contributed by atoms with E-state index in [0.29, 0.717) is 22.5 Å². The Morgan fingerprint density at radius 2 is 2.05 bits per heavy atom. The second-order valence-electron chi connectivity index (χ2n) is 5.55. The van der Waals surface area contributed by atoms with Crippen LogP contribution in [0.25, 0.3) is 0 Å². The average molecular weight is 384 g/mol. The van der Waals surface area contributed by atoms with Gasteiger partial charge in [-0.15, -0.1) is 0 Å². The van der Waals surface area contributed by atoms with Crippen LogP contribution in [0.15, 0.2) is 45.9 Å². The quantitative estimate of drug-likeness (QED) is 0.818. The van der Waals surface area contributed by atoms with E-state index in [1.54, 1.807) is 27.2 Å². The fourth-order valence-corrected chi connectivity index (χ4v) is 5.33. The number of rotatable bonds is 3. The molecule has 1 aromatic heterocycles. The zero-order chi connectivity index (χ0) is 15.7. The lowest BCUT2D eigenvalue weighted by molar-refractivity contribution is 0.311. The second-order valence-corrected chi connectivity index (χ2v) is 8.31. The van der Waals surface area contributed by atoms with Crippen molar-refractivity contribution >= 4 is 26.0 Å². The molecular weight excluding hydrogens is 366 g/mol. The van der Waals surface area contributed by atoms with Crippen molar-refractivity contribution in [2.24, 2.45) is 7.05 Å². The summed E-state index contributed by atoms with van der Waals surface area (Å²) >= 11 is 3.34. The van der Waals surface area contributed by atoms with E-state index in [1.165, 1.54) is 0 Å². The highest BCUT2D eigenvalue weighted by atomic mass is 79.9. The predicted octanol–water partition coefficient (Wildman–Crippen LogP) is 2.75. The number of sulfonamides is 1. The minimum Gasteiger partial charge on any atom is -0.276 e. The summed E-state index contributed by atoms with van der Waals surface area (Å²) in [6.45, 7) is 1.05. The van der Waals surface area contributed by atoms with Crippen LogP contribution < -0.4 is 0 Å². The largest absolute Gasteiger partial charge is 0.276 e. The Labute approximate surface area is 139 Å². The zero-order valence-electron chi connectivity index (χ0n) is 12.3. The molecule has 1 fully saturated rings. The Hall–Kier alpha value is -1.18. The molecule has 0 bridgehead atoms. The standard InChI is InChI=1S/C15H18BrN3O2S/c1-18-10-8-14(17-18)12-5-4-9-19(11-12)22(20,21)15-7-3-2-6-13(15)16/h2-3,6-8,10,12H,4-5,9,11H2,1H3. The van der Waals surface area contributed by atoms with Crippen molar-refractivity contribution in [3.05, 3.63) is 46.7 Å². The summed E-state index contributed by atoms with van der Waals surface area (Å²) < 4.78 is 29.7. The van der Waals surface area contributed by atoms with E-state index in [0.717, 1.165) is 18.5 Å². The number of hydrogen-bond acceptors (Lipinski definition) is 3. The summed E-state index contributed by atoms with van der Waals surface area (Å²) in [6, 6.07) is 8.93. The first-order chi connectivity index (χ1) is 10.5. The van der Waals surface area contributed by atoms with Gasteiger partial charge in [-0.1, -0.05) is 12.1 Å². The van der Waals surface area contributed by atoms with Gasteiger partial charge in [0.2, 0.25) is 10.0 Å². The summed E-state index contributed by atoms with van der Waals surface area (Å²) in [5, 5.41) is 4.43. The maximum Gasteiger partial charge on any atom is 0.244 e. The molecule has 1 aromatic carbocycles. The summed E-state index contributed by atoms with van der Waals surface area (Å²) in [6.07, 6.45) is 3.72. The van der Waals surface area contributed by atoms with Gasteiger partial charge in [-0.05, 0) is 47.0 Å². The molecule has 0 saturated carbocycles. The highest BCUT2D eigenvalue weighted by Crippen LogP contribution is 2.31. The van der Waals surface area contributed by atoms with Crippen LogP contribution in [0.3, 0.4) is 0 Å². The molecule has 0 aliphatic carbocycles. The third kappa shape index (κ3) is 2.98. The Bertz CT molecular complexity index is 773. The second kappa shape index (κ2) is 6.14. The lowest BCUT2D eigenvalue weighted by Gasteiger charge is -2.31. The third-order valence-corrected chi connectivity index (χ3v) is 6.87. The van der Waals surface area contributed by atoms with Crippen molar-refractivity contribution in [2.45, 2.75) is 23.7 Å². The van der Waals surface area contributed by atoms with Gasteiger partial charge in [0.25, 0.3) is 0 Å². The molecule has 1 unspecified atom stereocenters. The molecule has 1 aliphatic rings. The van der Waals surface area contributed by atoms with Crippen molar-refractivity contribution in [3.8, 4) is 0 Å². The molecule has 2 heterocycles. The Balaban J connectivity index is 1.87. The van der Waals surface area contributed by atoms with Gasteiger partial charge in [0.05, 0.1) is 10.6 Å². The molecular formula is C15H18BrN3O2S. The molecule has 2 aromatic rings. The lowest BCUT2D eigenvalue weighted by atomic mass is 9.96. The Kier molecular flexibility index (Phi) is 4.38. The molecule has 7 heteroatoms. The van der Waals surface area contributed by atoms with E-state index in [-0.39, 0.29) is 5.92 Å². The van der Waals surface area contributed by atoms with Crippen LogP contribution in [0.1, 0.15) is 24.5 Å². The number of benzene rings is 1. The average Bonchev–Trinajstić information content (AvgIpc) is 2.94. The first kappa shape index (κ1) is 15.7. The first-order valence-electron chi connectivity index (χ1n) is 7.23. The fraction of sp³-hybridized carbons (Fsp3) is 0.400. The zero-order valence-corrected chi connectivity index (χ0v) is 14.7. The molecule has 1 aliphatic heterocycles. The van der Waals surface area contributed by atoms with Crippen LogP contribution >= 0.6 is 15.9 Å². The first-order valence-corrected chi connectivity index (χ1v) is 9.46. The van der Waals surface area contributed by atoms with E-state index in [1.807, 2.05) is 25.4 Å². The number of aryl methyl sites for hydroxylation is 1. The van der Waals surface area contributed by atoms with Crippen molar-refractivity contribution in [1.82, 2.24) is 14.1 Å². The maximum atomic E-state index is 12.9. The highest BCUT2D eigenvalue weighted by molar-refractivity contribution is 9.10. The summed E-state index contributed by atoms with van der Waals surface area (Å²) in [7, 11) is -1.60. The Morgan fingerprint density at radius 3 is 2.73 bits per heavy atom. The topological polar surface area (TPSA) is 55.2 Å².